The standard InChI is InChI=1S/C15H14ClF2NO/c16-10-7-11(17)14(12(18)8-10)15(19)13(20)6-9-4-2-1-3-5-9/h1-5,7-8,13,15,20H,6,19H2/t13-,15-/m0/s1. The van der Waals surface area contributed by atoms with Crippen molar-refractivity contribution in [1.29, 1.82) is 0 Å². The van der Waals surface area contributed by atoms with Crippen molar-refractivity contribution in [1.82, 2.24) is 0 Å². The zero-order valence-electron chi connectivity index (χ0n) is 10.6. The van der Waals surface area contributed by atoms with Gasteiger partial charge in [-0.05, 0) is 17.7 Å². The quantitative estimate of drug-likeness (QED) is 0.910. The summed E-state index contributed by atoms with van der Waals surface area (Å²) in [5.74, 6) is -1.70. The first-order valence-electron chi connectivity index (χ1n) is 6.11. The van der Waals surface area contributed by atoms with Crippen molar-refractivity contribution in [2.75, 3.05) is 0 Å². The Morgan fingerprint density at radius 1 is 1.10 bits per heavy atom. The van der Waals surface area contributed by atoms with Crippen LogP contribution in [0.1, 0.15) is 17.2 Å². The van der Waals surface area contributed by atoms with Gasteiger partial charge in [0, 0.05) is 17.0 Å². The van der Waals surface area contributed by atoms with E-state index in [2.05, 4.69) is 0 Å². The second-order valence-corrected chi connectivity index (χ2v) is 5.00. The molecule has 3 N–H and O–H groups in total. The van der Waals surface area contributed by atoms with Gasteiger partial charge in [-0.3, -0.25) is 0 Å². The number of halogens is 3. The minimum atomic E-state index is -1.16. The number of aliphatic hydroxyl groups excluding tert-OH is 1. The van der Waals surface area contributed by atoms with Crippen LogP contribution in [0.15, 0.2) is 42.5 Å². The van der Waals surface area contributed by atoms with Gasteiger partial charge in [0.25, 0.3) is 0 Å². The Morgan fingerprint density at radius 3 is 2.20 bits per heavy atom. The SMILES string of the molecule is N[C@H](c1c(F)cc(Cl)cc1F)[C@@H](O)Cc1ccccc1. The molecule has 0 amide bonds. The Bertz CT molecular complexity index is 569. The summed E-state index contributed by atoms with van der Waals surface area (Å²) in [5, 5.41) is 10.0. The molecular weight excluding hydrogens is 284 g/mol. The van der Waals surface area contributed by atoms with E-state index in [1.165, 1.54) is 0 Å². The highest BCUT2D eigenvalue weighted by atomic mass is 35.5. The lowest BCUT2D eigenvalue weighted by atomic mass is 9.96. The first-order chi connectivity index (χ1) is 9.49. The maximum Gasteiger partial charge on any atom is 0.132 e. The molecule has 2 rings (SSSR count). The smallest absolute Gasteiger partial charge is 0.132 e. The number of hydrogen-bond donors (Lipinski definition) is 2. The Labute approximate surface area is 120 Å². The number of nitrogens with two attached hydrogens (primary N) is 1. The molecule has 2 aromatic carbocycles. The van der Waals surface area contributed by atoms with E-state index in [0.717, 1.165) is 17.7 Å². The lowest BCUT2D eigenvalue weighted by molar-refractivity contribution is 0.141. The summed E-state index contributed by atoms with van der Waals surface area (Å²) in [4.78, 5) is 0. The predicted molar refractivity (Wildman–Crippen MR) is 74.4 cm³/mol. The normalized spacial score (nSPS) is 14.1. The van der Waals surface area contributed by atoms with Crippen LogP contribution in [0.4, 0.5) is 8.78 Å². The molecule has 0 spiro atoms. The van der Waals surface area contributed by atoms with Crippen LogP contribution >= 0.6 is 11.6 Å². The van der Waals surface area contributed by atoms with Gasteiger partial charge in [0.15, 0.2) is 0 Å². The van der Waals surface area contributed by atoms with Crippen LogP contribution in [0.2, 0.25) is 5.02 Å². The molecule has 2 atom stereocenters. The highest BCUT2D eigenvalue weighted by molar-refractivity contribution is 6.30. The monoisotopic (exact) mass is 297 g/mol. The zero-order valence-corrected chi connectivity index (χ0v) is 11.3. The van der Waals surface area contributed by atoms with Crippen molar-refractivity contribution < 1.29 is 13.9 Å². The number of hydrogen-bond acceptors (Lipinski definition) is 2. The van der Waals surface area contributed by atoms with Crippen molar-refractivity contribution in [3.05, 3.63) is 70.2 Å². The van der Waals surface area contributed by atoms with E-state index in [1.807, 2.05) is 30.3 Å². The molecule has 0 radical (unpaired) electrons. The predicted octanol–water partition coefficient (Wildman–Crippen LogP) is 3.22. The van der Waals surface area contributed by atoms with Crippen LogP contribution < -0.4 is 5.73 Å². The Morgan fingerprint density at radius 2 is 1.65 bits per heavy atom. The highest BCUT2D eigenvalue weighted by Crippen LogP contribution is 2.26. The minimum Gasteiger partial charge on any atom is -0.391 e. The van der Waals surface area contributed by atoms with Crippen molar-refractivity contribution in [2.45, 2.75) is 18.6 Å². The van der Waals surface area contributed by atoms with Gasteiger partial charge >= 0.3 is 0 Å². The lowest BCUT2D eigenvalue weighted by Gasteiger charge is -2.20. The van der Waals surface area contributed by atoms with Crippen LogP contribution in [-0.2, 0) is 6.42 Å². The molecule has 0 aliphatic heterocycles. The number of rotatable bonds is 4. The first kappa shape index (κ1) is 14.9. The van der Waals surface area contributed by atoms with Crippen molar-refractivity contribution in [3.8, 4) is 0 Å². The average Bonchev–Trinajstić information content (AvgIpc) is 2.38. The molecule has 0 bridgehead atoms. The summed E-state index contributed by atoms with van der Waals surface area (Å²) in [7, 11) is 0. The van der Waals surface area contributed by atoms with Crippen LogP contribution in [0.5, 0.6) is 0 Å². The van der Waals surface area contributed by atoms with Gasteiger partial charge in [-0.1, -0.05) is 41.9 Å². The van der Waals surface area contributed by atoms with Gasteiger partial charge in [0.1, 0.15) is 11.6 Å². The van der Waals surface area contributed by atoms with Crippen molar-refractivity contribution in [3.63, 3.8) is 0 Å². The molecular formula is C15H14ClF2NO. The lowest BCUT2D eigenvalue weighted by Crippen LogP contribution is -2.29. The molecule has 0 aliphatic rings. The molecule has 0 aliphatic carbocycles. The Balaban J connectivity index is 2.21. The van der Waals surface area contributed by atoms with Gasteiger partial charge in [-0.25, -0.2) is 8.78 Å². The molecule has 20 heavy (non-hydrogen) atoms. The van der Waals surface area contributed by atoms with Crippen LogP contribution in [0, 0.1) is 11.6 Å². The molecule has 0 saturated heterocycles. The molecule has 106 valence electrons. The fraction of sp³-hybridized carbons (Fsp3) is 0.200. The summed E-state index contributed by atoms with van der Waals surface area (Å²) in [5.41, 5.74) is 6.25. The minimum absolute atomic E-state index is 0.0477. The summed E-state index contributed by atoms with van der Waals surface area (Å²) in [6.07, 6.45) is -0.883. The fourth-order valence-corrected chi connectivity index (χ4v) is 2.24. The fourth-order valence-electron chi connectivity index (χ4n) is 2.05. The Hall–Kier alpha value is -1.49. The van der Waals surface area contributed by atoms with E-state index in [9.17, 15) is 13.9 Å². The molecule has 2 aromatic rings. The highest BCUT2D eigenvalue weighted by Gasteiger charge is 2.24. The van der Waals surface area contributed by atoms with E-state index in [4.69, 9.17) is 17.3 Å². The largest absolute Gasteiger partial charge is 0.391 e. The van der Waals surface area contributed by atoms with Gasteiger partial charge < -0.3 is 10.8 Å². The van der Waals surface area contributed by atoms with Crippen LogP contribution in [-0.4, -0.2) is 11.2 Å². The van der Waals surface area contributed by atoms with E-state index in [-0.39, 0.29) is 17.0 Å². The van der Waals surface area contributed by atoms with Gasteiger partial charge in [0.2, 0.25) is 0 Å². The average molecular weight is 298 g/mol. The van der Waals surface area contributed by atoms with Gasteiger partial charge in [0.05, 0.1) is 12.1 Å². The molecule has 5 heteroatoms. The molecule has 0 fully saturated rings. The van der Waals surface area contributed by atoms with Gasteiger partial charge in [-0.2, -0.15) is 0 Å². The first-order valence-corrected chi connectivity index (χ1v) is 6.49. The molecule has 0 saturated carbocycles. The Kier molecular flexibility index (Phi) is 4.70. The summed E-state index contributed by atoms with van der Waals surface area (Å²) >= 11 is 5.55. The summed E-state index contributed by atoms with van der Waals surface area (Å²) in [6.45, 7) is 0. The third kappa shape index (κ3) is 3.33. The van der Waals surface area contributed by atoms with Crippen LogP contribution in [0.25, 0.3) is 0 Å². The molecule has 0 unspecified atom stereocenters. The maximum atomic E-state index is 13.7. The number of aliphatic hydroxyl groups is 1. The number of benzene rings is 2. The third-order valence-electron chi connectivity index (χ3n) is 3.08. The molecule has 0 heterocycles. The van der Waals surface area contributed by atoms with E-state index in [1.54, 1.807) is 0 Å². The van der Waals surface area contributed by atoms with E-state index < -0.39 is 23.8 Å². The second kappa shape index (κ2) is 6.31. The summed E-state index contributed by atoms with van der Waals surface area (Å²) < 4.78 is 27.5. The van der Waals surface area contributed by atoms with Crippen molar-refractivity contribution in [2.24, 2.45) is 5.73 Å². The third-order valence-corrected chi connectivity index (χ3v) is 3.30. The molecule has 0 aromatic heterocycles. The van der Waals surface area contributed by atoms with Crippen LogP contribution in [0.3, 0.4) is 0 Å². The van der Waals surface area contributed by atoms with E-state index in [0.29, 0.717) is 0 Å². The maximum absolute atomic E-state index is 13.7. The second-order valence-electron chi connectivity index (χ2n) is 4.57. The summed E-state index contributed by atoms with van der Waals surface area (Å²) in [6, 6.07) is 9.90. The topological polar surface area (TPSA) is 46.2 Å². The zero-order chi connectivity index (χ0) is 14.7. The van der Waals surface area contributed by atoms with E-state index >= 15 is 0 Å². The van der Waals surface area contributed by atoms with Gasteiger partial charge in [-0.15, -0.1) is 0 Å². The molecule has 2 nitrogen and oxygen atoms in total. The van der Waals surface area contributed by atoms with Crippen molar-refractivity contribution >= 4 is 11.6 Å².